The van der Waals surface area contributed by atoms with E-state index < -0.39 is 0 Å². The van der Waals surface area contributed by atoms with E-state index >= 15 is 0 Å². The SMILES string of the molecule is CCCCCCCCCCCCCCOCCCOC(C)C. The summed E-state index contributed by atoms with van der Waals surface area (Å²) in [6, 6.07) is 0. The van der Waals surface area contributed by atoms with Gasteiger partial charge in [0.15, 0.2) is 0 Å². The van der Waals surface area contributed by atoms with Gasteiger partial charge in [-0.1, -0.05) is 77.6 Å². The first-order valence-corrected chi connectivity index (χ1v) is 9.96. The summed E-state index contributed by atoms with van der Waals surface area (Å²) in [6.07, 6.45) is 18.2. The quantitative estimate of drug-likeness (QED) is 0.268. The fourth-order valence-corrected chi connectivity index (χ4v) is 2.63. The van der Waals surface area contributed by atoms with Gasteiger partial charge in [0, 0.05) is 19.8 Å². The Morgan fingerprint density at radius 2 is 1.00 bits per heavy atom. The van der Waals surface area contributed by atoms with Crippen molar-refractivity contribution in [2.75, 3.05) is 19.8 Å². The van der Waals surface area contributed by atoms with Crippen LogP contribution in [0.1, 0.15) is 104 Å². The van der Waals surface area contributed by atoms with Gasteiger partial charge in [0.05, 0.1) is 6.10 Å². The van der Waals surface area contributed by atoms with Crippen LogP contribution in [0.4, 0.5) is 0 Å². The van der Waals surface area contributed by atoms with Crippen LogP contribution in [0.15, 0.2) is 0 Å². The highest BCUT2D eigenvalue weighted by Crippen LogP contribution is 2.11. The molecule has 2 nitrogen and oxygen atoms in total. The number of rotatable bonds is 18. The molecule has 0 spiro atoms. The standard InChI is InChI=1S/C20H42O2/c1-4-5-6-7-8-9-10-11-12-13-14-15-17-21-18-16-19-22-20(2)3/h20H,4-19H2,1-3H3. The number of unbranched alkanes of at least 4 members (excludes halogenated alkanes) is 11. The Hall–Kier alpha value is -0.0800. The Kier molecular flexibility index (Phi) is 18.9. The Morgan fingerprint density at radius 3 is 1.50 bits per heavy atom. The van der Waals surface area contributed by atoms with Crippen LogP contribution >= 0.6 is 0 Å². The molecule has 0 aromatic heterocycles. The summed E-state index contributed by atoms with van der Waals surface area (Å²) in [5, 5.41) is 0. The molecule has 0 unspecified atom stereocenters. The highest BCUT2D eigenvalue weighted by Gasteiger charge is 1.95. The molecular weight excluding hydrogens is 272 g/mol. The van der Waals surface area contributed by atoms with Crippen LogP contribution in [-0.2, 0) is 9.47 Å². The molecule has 0 aromatic carbocycles. The minimum Gasteiger partial charge on any atom is -0.381 e. The molecular formula is C20H42O2. The van der Waals surface area contributed by atoms with Crippen molar-refractivity contribution in [3.05, 3.63) is 0 Å². The molecule has 0 fully saturated rings. The average molecular weight is 315 g/mol. The van der Waals surface area contributed by atoms with Gasteiger partial charge in [-0.2, -0.15) is 0 Å². The van der Waals surface area contributed by atoms with E-state index in [2.05, 4.69) is 20.8 Å². The number of ether oxygens (including phenoxy) is 2. The van der Waals surface area contributed by atoms with Gasteiger partial charge in [-0.05, 0) is 26.7 Å². The predicted octanol–water partition coefficient (Wildman–Crippen LogP) is 6.52. The zero-order chi connectivity index (χ0) is 16.3. The summed E-state index contributed by atoms with van der Waals surface area (Å²) in [5.41, 5.74) is 0. The Labute approximate surface area is 140 Å². The molecule has 0 aromatic rings. The van der Waals surface area contributed by atoms with Gasteiger partial charge in [0.2, 0.25) is 0 Å². The minimum absolute atomic E-state index is 0.344. The topological polar surface area (TPSA) is 18.5 Å². The van der Waals surface area contributed by atoms with E-state index in [0.29, 0.717) is 6.10 Å². The zero-order valence-corrected chi connectivity index (χ0v) is 15.7. The molecule has 0 N–H and O–H groups in total. The molecule has 0 heterocycles. The highest BCUT2D eigenvalue weighted by atomic mass is 16.5. The van der Waals surface area contributed by atoms with Crippen LogP contribution in [0.3, 0.4) is 0 Å². The molecule has 0 atom stereocenters. The third-order valence-corrected chi connectivity index (χ3v) is 4.03. The summed E-state index contributed by atoms with van der Waals surface area (Å²) in [5.74, 6) is 0. The summed E-state index contributed by atoms with van der Waals surface area (Å²) < 4.78 is 11.1. The second kappa shape index (κ2) is 19.0. The molecule has 0 aliphatic carbocycles. The summed E-state index contributed by atoms with van der Waals surface area (Å²) in [6.45, 7) is 9.05. The fraction of sp³-hybridized carbons (Fsp3) is 1.00. The molecule has 22 heavy (non-hydrogen) atoms. The van der Waals surface area contributed by atoms with Crippen molar-refractivity contribution >= 4 is 0 Å². The van der Waals surface area contributed by atoms with E-state index in [0.717, 1.165) is 26.2 Å². The summed E-state index contributed by atoms with van der Waals surface area (Å²) in [4.78, 5) is 0. The van der Waals surface area contributed by atoms with Crippen LogP contribution in [0.2, 0.25) is 0 Å². The van der Waals surface area contributed by atoms with E-state index in [1.807, 2.05) is 0 Å². The zero-order valence-electron chi connectivity index (χ0n) is 15.7. The second-order valence-electron chi connectivity index (χ2n) is 6.77. The monoisotopic (exact) mass is 314 g/mol. The van der Waals surface area contributed by atoms with E-state index in [-0.39, 0.29) is 0 Å². The molecule has 0 saturated carbocycles. The van der Waals surface area contributed by atoms with Crippen molar-refractivity contribution < 1.29 is 9.47 Å². The third kappa shape index (κ3) is 19.9. The van der Waals surface area contributed by atoms with Crippen molar-refractivity contribution in [3.63, 3.8) is 0 Å². The average Bonchev–Trinajstić information content (AvgIpc) is 2.50. The van der Waals surface area contributed by atoms with Gasteiger partial charge in [-0.3, -0.25) is 0 Å². The van der Waals surface area contributed by atoms with Gasteiger partial charge in [-0.15, -0.1) is 0 Å². The largest absolute Gasteiger partial charge is 0.381 e. The Bertz CT molecular complexity index is 192. The van der Waals surface area contributed by atoms with Gasteiger partial charge < -0.3 is 9.47 Å². The predicted molar refractivity (Wildman–Crippen MR) is 97.6 cm³/mol. The molecule has 0 saturated heterocycles. The van der Waals surface area contributed by atoms with Crippen molar-refractivity contribution in [1.29, 1.82) is 0 Å². The summed E-state index contributed by atoms with van der Waals surface area (Å²) in [7, 11) is 0. The molecule has 0 rings (SSSR count). The highest BCUT2D eigenvalue weighted by molar-refractivity contribution is 4.48. The summed E-state index contributed by atoms with van der Waals surface area (Å²) >= 11 is 0. The molecule has 0 aliphatic rings. The van der Waals surface area contributed by atoms with Gasteiger partial charge in [-0.25, -0.2) is 0 Å². The maximum absolute atomic E-state index is 5.63. The Morgan fingerprint density at radius 1 is 0.545 bits per heavy atom. The normalized spacial score (nSPS) is 11.5. The first-order chi connectivity index (χ1) is 10.8. The van der Waals surface area contributed by atoms with Crippen LogP contribution in [0, 0.1) is 0 Å². The van der Waals surface area contributed by atoms with E-state index in [9.17, 15) is 0 Å². The van der Waals surface area contributed by atoms with E-state index in [4.69, 9.17) is 9.47 Å². The second-order valence-corrected chi connectivity index (χ2v) is 6.77. The van der Waals surface area contributed by atoms with Crippen LogP contribution < -0.4 is 0 Å². The fourth-order valence-electron chi connectivity index (χ4n) is 2.63. The third-order valence-electron chi connectivity index (χ3n) is 4.03. The first kappa shape index (κ1) is 21.9. The molecule has 0 radical (unpaired) electrons. The Balaban J connectivity index is 2.94. The molecule has 0 bridgehead atoms. The van der Waals surface area contributed by atoms with Crippen LogP contribution in [-0.4, -0.2) is 25.9 Å². The van der Waals surface area contributed by atoms with Crippen LogP contribution in [0.25, 0.3) is 0 Å². The lowest BCUT2D eigenvalue weighted by Gasteiger charge is -2.07. The van der Waals surface area contributed by atoms with Crippen molar-refractivity contribution in [2.24, 2.45) is 0 Å². The molecule has 134 valence electrons. The lowest BCUT2D eigenvalue weighted by molar-refractivity contribution is 0.0507. The lowest BCUT2D eigenvalue weighted by Crippen LogP contribution is -2.07. The van der Waals surface area contributed by atoms with Crippen molar-refractivity contribution in [1.82, 2.24) is 0 Å². The van der Waals surface area contributed by atoms with Gasteiger partial charge in [0.1, 0.15) is 0 Å². The lowest BCUT2D eigenvalue weighted by atomic mass is 10.1. The molecule has 2 heteroatoms. The van der Waals surface area contributed by atoms with Crippen LogP contribution in [0.5, 0.6) is 0 Å². The number of hydrogen-bond acceptors (Lipinski definition) is 2. The molecule has 0 aliphatic heterocycles. The van der Waals surface area contributed by atoms with Crippen molar-refractivity contribution in [3.8, 4) is 0 Å². The maximum Gasteiger partial charge on any atom is 0.0518 e. The van der Waals surface area contributed by atoms with Gasteiger partial charge in [0.25, 0.3) is 0 Å². The van der Waals surface area contributed by atoms with Gasteiger partial charge >= 0.3 is 0 Å². The van der Waals surface area contributed by atoms with E-state index in [1.54, 1.807) is 0 Å². The smallest absolute Gasteiger partial charge is 0.0518 e. The maximum atomic E-state index is 5.63. The molecule has 0 amide bonds. The number of hydrogen-bond donors (Lipinski definition) is 0. The minimum atomic E-state index is 0.344. The van der Waals surface area contributed by atoms with E-state index in [1.165, 1.54) is 77.0 Å². The first-order valence-electron chi connectivity index (χ1n) is 9.96. The van der Waals surface area contributed by atoms with Crippen molar-refractivity contribution in [2.45, 2.75) is 110 Å².